The van der Waals surface area contributed by atoms with E-state index in [0.717, 1.165) is 48.0 Å². The Hall–Kier alpha value is -0.750. The van der Waals surface area contributed by atoms with Crippen molar-refractivity contribution in [3.8, 4) is 0 Å². The predicted molar refractivity (Wildman–Crippen MR) is 83.3 cm³/mol. The summed E-state index contributed by atoms with van der Waals surface area (Å²) in [7, 11) is 0. The lowest BCUT2D eigenvalue weighted by Gasteiger charge is -2.17. The molecule has 2 heterocycles. The Labute approximate surface area is 128 Å². The third-order valence-corrected chi connectivity index (χ3v) is 6.30. The van der Waals surface area contributed by atoms with Crippen molar-refractivity contribution < 1.29 is 4.79 Å². The number of nitrogens with zero attached hydrogens (tertiary/aromatic N) is 2. The van der Waals surface area contributed by atoms with Gasteiger partial charge in [-0.2, -0.15) is 0 Å². The molecule has 2 amide bonds. The van der Waals surface area contributed by atoms with Gasteiger partial charge in [-0.05, 0) is 31.1 Å². The van der Waals surface area contributed by atoms with E-state index in [9.17, 15) is 4.79 Å². The molecule has 110 valence electrons. The first-order chi connectivity index (χ1) is 9.83. The normalized spacial score (nSPS) is 24.9. The molecule has 1 N–H and O–H groups in total. The summed E-state index contributed by atoms with van der Waals surface area (Å²) in [5.41, 5.74) is 0. The molecule has 1 aromatic heterocycles. The minimum Gasteiger partial charge on any atom is -0.338 e. The number of fused-ring (bicyclic) bond motifs is 1. The van der Waals surface area contributed by atoms with Crippen molar-refractivity contribution in [3.63, 3.8) is 0 Å². The minimum absolute atomic E-state index is 0.138. The quantitative estimate of drug-likeness (QED) is 0.671. The van der Waals surface area contributed by atoms with Crippen molar-refractivity contribution in [2.24, 2.45) is 11.8 Å². The van der Waals surface area contributed by atoms with Crippen molar-refractivity contribution in [1.82, 2.24) is 15.2 Å². The van der Waals surface area contributed by atoms with Crippen LogP contribution >= 0.6 is 23.1 Å². The lowest BCUT2D eigenvalue weighted by atomic mass is 10.0. The van der Waals surface area contributed by atoms with Crippen molar-refractivity contribution >= 4 is 29.1 Å². The molecule has 2 atom stereocenters. The molecule has 2 unspecified atom stereocenters. The molecule has 0 aromatic carbocycles. The summed E-state index contributed by atoms with van der Waals surface area (Å²) < 4.78 is 1.11. The van der Waals surface area contributed by atoms with Gasteiger partial charge in [-0.15, -0.1) is 11.3 Å². The highest BCUT2D eigenvalue weighted by Crippen LogP contribution is 2.37. The minimum atomic E-state index is 0.138. The van der Waals surface area contributed by atoms with Crippen LogP contribution in [-0.2, 0) is 0 Å². The van der Waals surface area contributed by atoms with Gasteiger partial charge in [0.25, 0.3) is 0 Å². The molecule has 3 rings (SSSR count). The number of thioether (sulfide) groups is 1. The molecule has 1 saturated heterocycles. The molecular formula is C14H21N3OS2. The topological polar surface area (TPSA) is 45.2 Å². The van der Waals surface area contributed by atoms with Gasteiger partial charge in [-0.1, -0.05) is 18.2 Å². The first-order valence-electron chi connectivity index (χ1n) is 7.38. The molecule has 1 saturated carbocycles. The van der Waals surface area contributed by atoms with E-state index in [1.807, 2.05) is 16.5 Å². The second-order valence-electron chi connectivity index (χ2n) is 5.59. The van der Waals surface area contributed by atoms with Crippen LogP contribution in [0.25, 0.3) is 0 Å². The van der Waals surface area contributed by atoms with Gasteiger partial charge >= 0.3 is 6.03 Å². The van der Waals surface area contributed by atoms with Crippen LogP contribution in [0.3, 0.4) is 0 Å². The lowest BCUT2D eigenvalue weighted by molar-refractivity contribution is 0.205. The zero-order valence-corrected chi connectivity index (χ0v) is 13.2. The summed E-state index contributed by atoms with van der Waals surface area (Å²) in [6.07, 6.45) is 6.83. The molecule has 1 aliphatic carbocycles. The van der Waals surface area contributed by atoms with E-state index < -0.39 is 0 Å². The highest BCUT2D eigenvalue weighted by atomic mass is 32.2. The van der Waals surface area contributed by atoms with Crippen molar-refractivity contribution in [2.45, 2.75) is 30.0 Å². The Kier molecular flexibility index (Phi) is 4.83. The van der Waals surface area contributed by atoms with Crippen LogP contribution in [0.4, 0.5) is 4.79 Å². The Morgan fingerprint density at radius 3 is 2.95 bits per heavy atom. The third-order valence-electron chi connectivity index (χ3n) is 4.25. The summed E-state index contributed by atoms with van der Waals surface area (Å²) in [5, 5.41) is 5.05. The molecule has 4 nitrogen and oxygen atoms in total. The molecular weight excluding hydrogens is 290 g/mol. The summed E-state index contributed by atoms with van der Waals surface area (Å²) in [6, 6.07) is 0.138. The lowest BCUT2D eigenvalue weighted by Crippen LogP contribution is -2.39. The van der Waals surface area contributed by atoms with Crippen LogP contribution in [0.5, 0.6) is 0 Å². The number of carbonyl (C=O) groups excluding carboxylic acids is 1. The van der Waals surface area contributed by atoms with E-state index in [2.05, 4.69) is 10.3 Å². The average Bonchev–Trinajstić information content (AvgIpc) is 3.14. The molecule has 20 heavy (non-hydrogen) atoms. The standard InChI is InChI=1S/C14H21N3OS2/c18-13(17-9-11-3-1-4-12(11)10-17)15-5-2-7-19-14-16-6-8-20-14/h6,8,11-12H,1-5,7,9-10H2,(H,15,18). The molecule has 6 heteroatoms. The fraction of sp³-hybridized carbons (Fsp3) is 0.714. The SMILES string of the molecule is O=C(NCCCSc1nccs1)N1CC2CCCC2C1. The number of likely N-dealkylation sites (tertiary alicyclic amines) is 1. The van der Waals surface area contributed by atoms with Crippen LogP contribution in [0.2, 0.25) is 0 Å². The van der Waals surface area contributed by atoms with E-state index in [0.29, 0.717) is 0 Å². The van der Waals surface area contributed by atoms with Crippen LogP contribution in [0.15, 0.2) is 15.9 Å². The molecule has 0 spiro atoms. The second kappa shape index (κ2) is 6.80. The highest BCUT2D eigenvalue weighted by molar-refractivity contribution is 8.00. The fourth-order valence-electron chi connectivity index (χ4n) is 3.22. The van der Waals surface area contributed by atoms with Crippen LogP contribution in [-0.4, -0.2) is 41.3 Å². The number of rotatable bonds is 5. The zero-order chi connectivity index (χ0) is 13.8. The van der Waals surface area contributed by atoms with Gasteiger partial charge in [0, 0.05) is 37.0 Å². The predicted octanol–water partition coefficient (Wildman–Crippen LogP) is 3.07. The van der Waals surface area contributed by atoms with Gasteiger partial charge in [0.1, 0.15) is 4.34 Å². The monoisotopic (exact) mass is 311 g/mol. The van der Waals surface area contributed by atoms with Gasteiger partial charge in [-0.25, -0.2) is 9.78 Å². The van der Waals surface area contributed by atoms with Crippen LogP contribution in [0, 0.1) is 11.8 Å². The summed E-state index contributed by atoms with van der Waals surface area (Å²) in [5.74, 6) is 2.57. The Morgan fingerprint density at radius 2 is 2.25 bits per heavy atom. The number of nitrogens with one attached hydrogen (secondary N) is 1. The van der Waals surface area contributed by atoms with Gasteiger partial charge in [0.05, 0.1) is 0 Å². The Morgan fingerprint density at radius 1 is 1.45 bits per heavy atom. The average molecular weight is 311 g/mol. The molecule has 1 aromatic rings. The number of hydrogen-bond donors (Lipinski definition) is 1. The summed E-state index contributed by atoms with van der Waals surface area (Å²) in [4.78, 5) is 18.3. The maximum Gasteiger partial charge on any atom is 0.317 e. The fourth-order valence-corrected chi connectivity index (χ4v) is 4.87. The maximum absolute atomic E-state index is 12.1. The number of aromatic nitrogens is 1. The first kappa shape index (κ1) is 14.2. The number of carbonyl (C=O) groups is 1. The van der Waals surface area contributed by atoms with E-state index in [1.165, 1.54) is 19.3 Å². The van der Waals surface area contributed by atoms with Crippen molar-refractivity contribution in [2.75, 3.05) is 25.4 Å². The number of urea groups is 1. The van der Waals surface area contributed by atoms with Gasteiger partial charge in [0.15, 0.2) is 0 Å². The summed E-state index contributed by atoms with van der Waals surface area (Å²) in [6.45, 7) is 2.72. The third kappa shape index (κ3) is 3.47. The molecule has 0 radical (unpaired) electrons. The smallest absolute Gasteiger partial charge is 0.317 e. The van der Waals surface area contributed by atoms with E-state index >= 15 is 0 Å². The van der Waals surface area contributed by atoms with Gasteiger partial charge in [-0.3, -0.25) is 0 Å². The number of amides is 2. The van der Waals surface area contributed by atoms with E-state index in [-0.39, 0.29) is 6.03 Å². The van der Waals surface area contributed by atoms with Crippen molar-refractivity contribution in [1.29, 1.82) is 0 Å². The Bertz CT molecular complexity index is 426. The second-order valence-corrected chi connectivity index (χ2v) is 7.82. The number of hydrogen-bond acceptors (Lipinski definition) is 4. The Balaban J connectivity index is 1.30. The highest BCUT2D eigenvalue weighted by Gasteiger charge is 2.37. The van der Waals surface area contributed by atoms with E-state index in [4.69, 9.17) is 0 Å². The molecule has 2 aliphatic rings. The van der Waals surface area contributed by atoms with Gasteiger partial charge < -0.3 is 10.2 Å². The number of thiazole rings is 1. The maximum atomic E-state index is 12.1. The van der Waals surface area contributed by atoms with E-state index in [1.54, 1.807) is 23.1 Å². The van der Waals surface area contributed by atoms with Crippen molar-refractivity contribution in [3.05, 3.63) is 11.6 Å². The molecule has 2 fully saturated rings. The van der Waals surface area contributed by atoms with Crippen LogP contribution < -0.4 is 5.32 Å². The van der Waals surface area contributed by atoms with Crippen LogP contribution in [0.1, 0.15) is 25.7 Å². The first-order valence-corrected chi connectivity index (χ1v) is 9.24. The molecule has 1 aliphatic heterocycles. The summed E-state index contributed by atoms with van der Waals surface area (Å²) >= 11 is 3.44. The zero-order valence-electron chi connectivity index (χ0n) is 11.6. The molecule has 0 bridgehead atoms. The van der Waals surface area contributed by atoms with Gasteiger partial charge in [0.2, 0.25) is 0 Å². The largest absolute Gasteiger partial charge is 0.338 e.